The first-order valence-electron chi connectivity index (χ1n) is 23.3. The molecule has 2 aliphatic carbocycles. The van der Waals surface area contributed by atoms with Crippen LogP contribution in [0.4, 0.5) is 28.4 Å². The lowest BCUT2D eigenvalue weighted by Gasteiger charge is -2.39. The first-order valence-corrected chi connectivity index (χ1v) is 25.2. The molecule has 15 nitrogen and oxygen atoms in total. The minimum atomic E-state index is -4.57. The number of piperazine rings is 1. The average Bonchev–Trinajstić information content (AvgIpc) is 3.69. The zero-order valence-corrected chi connectivity index (χ0v) is 39.9. The maximum atomic E-state index is 14.4. The molecule has 2 aromatic heterocycles. The molecule has 0 radical (unpaired) electrons. The van der Waals surface area contributed by atoms with E-state index in [0.29, 0.717) is 54.9 Å². The number of anilines is 4. The Labute approximate surface area is 397 Å². The smallest absolute Gasteiger partial charge is 0.293 e. The summed E-state index contributed by atoms with van der Waals surface area (Å²) >= 11 is 6.28. The fraction of sp³-hybridized carbons (Fsp3) is 0.440. The number of H-pyrrole nitrogens is 1. The number of pyridine rings is 1. The molecule has 2 aliphatic heterocycles. The van der Waals surface area contributed by atoms with Crippen LogP contribution in [0.5, 0.6) is 5.88 Å². The minimum absolute atomic E-state index is 0.117. The van der Waals surface area contributed by atoms with E-state index in [9.17, 15) is 23.3 Å². The molecule has 3 N–H and O–H groups in total. The van der Waals surface area contributed by atoms with Crippen LogP contribution >= 0.6 is 11.6 Å². The molecular formula is C50H59ClN8O7S. The van der Waals surface area contributed by atoms with Gasteiger partial charge in [-0.05, 0) is 128 Å². The second kappa shape index (κ2) is 19.5. The van der Waals surface area contributed by atoms with Gasteiger partial charge in [0.15, 0.2) is 0 Å². The third-order valence-corrected chi connectivity index (χ3v) is 15.6. The van der Waals surface area contributed by atoms with E-state index in [4.69, 9.17) is 26.1 Å². The van der Waals surface area contributed by atoms with E-state index < -0.39 is 31.4 Å². The number of fused-ring (bicyclic) bond motifs is 2. The second-order valence-corrected chi connectivity index (χ2v) is 21.2. The number of nitro groups is 1. The van der Waals surface area contributed by atoms with Crippen LogP contribution in [0.2, 0.25) is 5.02 Å². The van der Waals surface area contributed by atoms with Crippen LogP contribution in [0.15, 0.2) is 89.5 Å². The predicted molar refractivity (Wildman–Crippen MR) is 263 cm³/mol. The van der Waals surface area contributed by atoms with Crippen LogP contribution in [-0.2, 0) is 14.8 Å². The molecule has 0 unspecified atom stereocenters. The van der Waals surface area contributed by atoms with Gasteiger partial charge in [0.05, 0.1) is 33.8 Å². The van der Waals surface area contributed by atoms with Crippen molar-refractivity contribution in [1.29, 1.82) is 0 Å². The Hall–Kier alpha value is -5.68. The summed E-state index contributed by atoms with van der Waals surface area (Å²) in [5.41, 5.74) is 6.99. The van der Waals surface area contributed by atoms with E-state index in [-0.39, 0.29) is 22.8 Å². The number of allylic oxidation sites excluding steroid dienone is 1. The summed E-state index contributed by atoms with van der Waals surface area (Å²) in [4.78, 5) is 40.4. The lowest BCUT2D eigenvalue weighted by molar-refractivity contribution is -0.384. The lowest BCUT2D eigenvalue weighted by atomic mass is 9.72. The van der Waals surface area contributed by atoms with E-state index in [1.54, 1.807) is 19.4 Å². The summed E-state index contributed by atoms with van der Waals surface area (Å²) < 4.78 is 41.9. The second-order valence-electron chi connectivity index (χ2n) is 19.1. The molecule has 0 atom stereocenters. The summed E-state index contributed by atoms with van der Waals surface area (Å²) in [6.45, 7) is 10.1. The van der Waals surface area contributed by atoms with Gasteiger partial charge in [-0.2, -0.15) is 4.98 Å². The monoisotopic (exact) mass is 950 g/mol. The van der Waals surface area contributed by atoms with Crippen LogP contribution in [0.1, 0.15) is 81.1 Å². The number of nitrogens with one attached hydrogen (secondary N) is 3. The van der Waals surface area contributed by atoms with Crippen molar-refractivity contribution in [3.8, 4) is 5.88 Å². The van der Waals surface area contributed by atoms with Gasteiger partial charge in [0.1, 0.15) is 17.0 Å². The van der Waals surface area contributed by atoms with Gasteiger partial charge in [-0.1, -0.05) is 43.2 Å². The molecule has 3 aromatic carbocycles. The number of carbonyl (C=O) groups is 1. The van der Waals surface area contributed by atoms with Crippen molar-refractivity contribution in [3.05, 3.63) is 111 Å². The maximum Gasteiger partial charge on any atom is 0.293 e. The van der Waals surface area contributed by atoms with E-state index in [1.165, 1.54) is 28.8 Å². The highest BCUT2D eigenvalue weighted by atomic mass is 35.5. The normalized spacial score (nSPS) is 20.2. The molecule has 67 heavy (non-hydrogen) atoms. The van der Waals surface area contributed by atoms with Crippen LogP contribution in [0, 0.1) is 21.4 Å². The van der Waals surface area contributed by atoms with Gasteiger partial charge in [0.2, 0.25) is 5.88 Å². The number of halogens is 1. The maximum absolute atomic E-state index is 14.4. The number of ether oxygens (including phenoxy) is 2. The summed E-state index contributed by atoms with van der Waals surface area (Å²) in [6, 6.07) is 21.3. The van der Waals surface area contributed by atoms with E-state index in [0.717, 1.165) is 99.8 Å². The molecular weight excluding hydrogens is 892 g/mol. The third kappa shape index (κ3) is 10.4. The van der Waals surface area contributed by atoms with Crippen molar-refractivity contribution in [3.63, 3.8) is 0 Å². The number of aromatic nitrogens is 2. The number of rotatable bonds is 13. The molecule has 17 heteroatoms. The molecule has 0 spiro atoms. The zero-order valence-electron chi connectivity index (χ0n) is 38.4. The molecule has 1 saturated carbocycles. The Morgan fingerprint density at radius 2 is 1.76 bits per heavy atom. The zero-order chi connectivity index (χ0) is 46.9. The van der Waals surface area contributed by atoms with Crippen LogP contribution in [-0.4, -0.2) is 99.8 Å². The highest BCUT2D eigenvalue weighted by Gasteiger charge is 2.32. The molecule has 354 valence electrons. The third-order valence-electron chi connectivity index (χ3n) is 14.0. The largest absolute Gasteiger partial charge is 0.476 e. The molecule has 1 saturated heterocycles. The van der Waals surface area contributed by atoms with Crippen LogP contribution in [0.25, 0.3) is 16.6 Å². The lowest BCUT2D eigenvalue weighted by Crippen LogP contribution is -2.47. The van der Waals surface area contributed by atoms with Gasteiger partial charge >= 0.3 is 0 Å². The summed E-state index contributed by atoms with van der Waals surface area (Å²) in [5.74, 6) is -0.170. The Balaban J connectivity index is 0.973. The Bertz CT molecular complexity index is 2780. The molecule has 4 aliphatic rings. The molecule has 2 fully saturated rings. The summed E-state index contributed by atoms with van der Waals surface area (Å²) in [5, 5.41) is 17.0. The minimum Gasteiger partial charge on any atom is -0.476 e. The van der Waals surface area contributed by atoms with Gasteiger partial charge in [-0.3, -0.25) is 19.8 Å². The SMILES string of the molecule is CO[C@H]1CC[C@H](CNc2ccc(S(=O)(=O)NC(=O)c3ccc(N4CCN(CC5=C(c6ccc(Cl)cc6)CC(C)(C)CC5)CC4)cc3N3CCCOc4nc5[nH]ccc5cc43)cc2[N+](=O)[O-])CC1. The number of benzene rings is 3. The average molecular weight is 952 g/mol. The van der Waals surface area contributed by atoms with Gasteiger partial charge < -0.3 is 29.6 Å². The Morgan fingerprint density at radius 1 is 0.985 bits per heavy atom. The predicted octanol–water partition coefficient (Wildman–Crippen LogP) is 9.57. The molecule has 9 rings (SSSR count). The highest BCUT2D eigenvalue weighted by Crippen LogP contribution is 2.44. The van der Waals surface area contributed by atoms with Crippen LogP contribution in [0.3, 0.4) is 0 Å². The fourth-order valence-electron chi connectivity index (χ4n) is 10.1. The van der Waals surface area contributed by atoms with Crippen molar-refractivity contribution < 1.29 is 27.6 Å². The molecule has 1 amide bonds. The molecule has 0 bridgehead atoms. The summed E-state index contributed by atoms with van der Waals surface area (Å²) in [7, 11) is -2.86. The quantitative estimate of drug-likeness (QED) is 0.0754. The van der Waals surface area contributed by atoms with Gasteiger partial charge in [-0.15, -0.1) is 0 Å². The van der Waals surface area contributed by atoms with Crippen molar-refractivity contribution in [2.45, 2.75) is 76.2 Å². The van der Waals surface area contributed by atoms with Gasteiger partial charge in [-0.25, -0.2) is 13.1 Å². The van der Waals surface area contributed by atoms with E-state index in [2.05, 4.69) is 50.8 Å². The number of amides is 1. The number of sulfonamides is 1. The number of methoxy groups -OCH3 is 1. The molecule has 4 heterocycles. The van der Waals surface area contributed by atoms with Crippen molar-refractivity contribution in [2.75, 3.05) is 74.6 Å². The summed E-state index contributed by atoms with van der Waals surface area (Å²) in [6.07, 6.45) is 9.52. The topological polar surface area (TPSA) is 175 Å². The first kappa shape index (κ1) is 46.4. The highest BCUT2D eigenvalue weighted by molar-refractivity contribution is 7.90. The van der Waals surface area contributed by atoms with Gasteiger partial charge in [0.25, 0.3) is 21.6 Å². The van der Waals surface area contributed by atoms with Crippen molar-refractivity contribution in [2.24, 2.45) is 11.3 Å². The van der Waals surface area contributed by atoms with E-state index >= 15 is 0 Å². The Morgan fingerprint density at radius 3 is 2.51 bits per heavy atom. The fourth-order valence-corrected chi connectivity index (χ4v) is 11.2. The first-order chi connectivity index (χ1) is 32.2. The van der Waals surface area contributed by atoms with Crippen molar-refractivity contribution in [1.82, 2.24) is 19.6 Å². The van der Waals surface area contributed by atoms with Crippen LogP contribution < -0.4 is 24.6 Å². The number of nitro benzene ring substituents is 1. The number of hydrogen-bond acceptors (Lipinski definition) is 12. The van der Waals surface area contributed by atoms with E-state index in [1.807, 2.05) is 41.3 Å². The number of carbonyl (C=O) groups excluding carboxylic acids is 1. The van der Waals surface area contributed by atoms with Gasteiger partial charge in [0, 0.05) is 81.3 Å². The number of aromatic amines is 1. The Kier molecular flexibility index (Phi) is 13.5. The number of hydrogen-bond donors (Lipinski definition) is 3. The molecule has 5 aromatic rings. The number of nitrogens with zero attached hydrogens (tertiary/aromatic N) is 5. The van der Waals surface area contributed by atoms with Crippen molar-refractivity contribution >= 4 is 72.6 Å². The standard InChI is InChI=1S/C50H59ClN8O7S/c1-50(2)19-17-36(42(30-50)34-7-9-37(51)10-8-34)32-56-22-24-57(25-23-56)38-11-15-41(44(28-38)58-21-4-26-66-49-46(58)27-35-18-20-52-47(35)54-49)48(60)55-67(63,64)40-14-16-43(45(29-40)59(61)62)53-31-33-5-12-39(65-3)13-6-33/h7-11,14-16,18,20,27-29,33,39,53H,4-6,12-13,17,19,21-26,30-32H2,1-3H3,(H,52,54)(H,55,60)/t33-,39-.